The average Bonchev–Trinajstić information content (AvgIpc) is 2.78. The summed E-state index contributed by atoms with van der Waals surface area (Å²) in [6, 6.07) is 17.1. The maximum absolute atomic E-state index is 13.0. The summed E-state index contributed by atoms with van der Waals surface area (Å²) in [5.41, 5.74) is 0.915. The molecule has 3 N–H and O–H groups in total. The maximum atomic E-state index is 13.0. The number of carbonyl (C=O) groups is 2. The zero-order valence-corrected chi connectivity index (χ0v) is 19.0. The Balaban J connectivity index is 1.89. The standard InChI is InChI=1S/C23H23N3O6S/c1-15(27)24-21-14-18(11-12-22(21)32-3)33(29,30)26-20-10-5-4-9-19(20)23(28)25-16-7-6-8-17(13-16)31-2/h4-14,26H,1-3H3,(H,24,27)(H,25,28). The van der Waals surface area contributed by atoms with Gasteiger partial charge in [-0.15, -0.1) is 0 Å². The first-order valence-electron chi connectivity index (χ1n) is 9.76. The number of sulfonamides is 1. The van der Waals surface area contributed by atoms with Gasteiger partial charge in [-0.2, -0.15) is 0 Å². The first kappa shape index (κ1) is 23.6. The van der Waals surface area contributed by atoms with Gasteiger partial charge in [-0.05, 0) is 42.5 Å². The summed E-state index contributed by atoms with van der Waals surface area (Å²) in [6.45, 7) is 1.30. The molecule has 9 nitrogen and oxygen atoms in total. The Morgan fingerprint density at radius 3 is 2.27 bits per heavy atom. The van der Waals surface area contributed by atoms with Crippen LogP contribution in [0, 0.1) is 0 Å². The van der Waals surface area contributed by atoms with Gasteiger partial charge in [0.25, 0.3) is 15.9 Å². The number of carbonyl (C=O) groups excluding carboxylic acids is 2. The number of nitrogens with one attached hydrogen (secondary N) is 3. The van der Waals surface area contributed by atoms with Gasteiger partial charge in [0.1, 0.15) is 11.5 Å². The zero-order chi connectivity index (χ0) is 24.0. The molecule has 3 aromatic rings. The topological polar surface area (TPSA) is 123 Å². The Bertz CT molecular complexity index is 1290. The lowest BCUT2D eigenvalue weighted by atomic mass is 10.1. The third-order valence-electron chi connectivity index (χ3n) is 4.54. The molecule has 2 amide bonds. The first-order valence-corrected chi connectivity index (χ1v) is 11.2. The third-order valence-corrected chi connectivity index (χ3v) is 5.90. The number of amides is 2. The van der Waals surface area contributed by atoms with Gasteiger partial charge in [-0.3, -0.25) is 14.3 Å². The van der Waals surface area contributed by atoms with E-state index in [2.05, 4.69) is 15.4 Å². The van der Waals surface area contributed by atoms with Crippen molar-refractivity contribution in [2.75, 3.05) is 29.6 Å². The van der Waals surface area contributed by atoms with E-state index in [0.717, 1.165) is 0 Å². The zero-order valence-electron chi connectivity index (χ0n) is 18.2. The van der Waals surface area contributed by atoms with Crippen LogP contribution in [-0.4, -0.2) is 34.5 Å². The summed E-state index contributed by atoms with van der Waals surface area (Å²) in [7, 11) is -1.17. The molecule has 172 valence electrons. The Morgan fingerprint density at radius 1 is 0.818 bits per heavy atom. The van der Waals surface area contributed by atoms with Gasteiger partial charge < -0.3 is 20.1 Å². The van der Waals surface area contributed by atoms with Crippen molar-refractivity contribution in [3.05, 3.63) is 72.3 Å². The van der Waals surface area contributed by atoms with Crippen LogP contribution in [0.4, 0.5) is 17.1 Å². The average molecular weight is 470 g/mol. The fraction of sp³-hybridized carbons (Fsp3) is 0.130. The van der Waals surface area contributed by atoms with Crippen molar-refractivity contribution in [3.8, 4) is 11.5 Å². The highest BCUT2D eigenvalue weighted by Gasteiger charge is 2.20. The van der Waals surface area contributed by atoms with Gasteiger partial charge in [0.15, 0.2) is 0 Å². The summed E-state index contributed by atoms with van der Waals surface area (Å²) in [5.74, 6) is -0.0101. The molecule has 3 aromatic carbocycles. The summed E-state index contributed by atoms with van der Waals surface area (Å²) >= 11 is 0. The molecule has 3 rings (SSSR count). The smallest absolute Gasteiger partial charge is 0.261 e. The lowest BCUT2D eigenvalue weighted by molar-refractivity contribution is -0.114. The minimum atomic E-state index is -4.09. The molecule has 0 aliphatic carbocycles. The van der Waals surface area contributed by atoms with E-state index in [1.165, 1.54) is 51.5 Å². The first-order chi connectivity index (χ1) is 15.7. The predicted octanol–water partition coefficient (Wildman–Crippen LogP) is 3.72. The number of ether oxygens (including phenoxy) is 2. The van der Waals surface area contributed by atoms with Crippen LogP contribution in [0.25, 0.3) is 0 Å². The minimum Gasteiger partial charge on any atom is -0.497 e. The molecule has 0 spiro atoms. The molecule has 10 heteroatoms. The molecule has 0 saturated heterocycles. The van der Waals surface area contributed by atoms with Crippen molar-refractivity contribution in [3.63, 3.8) is 0 Å². The molecule has 33 heavy (non-hydrogen) atoms. The van der Waals surface area contributed by atoms with Crippen LogP contribution in [0.3, 0.4) is 0 Å². The van der Waals surface area contributed by atoms with Crippen LogP contribution in [0.2, 0.25) is 0 Å². The van der Waals surface area contributed by atoms with Gasteiger partial charge >= 0.3 is 0 Å². The number of methoxy groups -OCH3 is 2. The summed E-state index contributed by atoms with van der Waals surface area (Å²) in [6.07, 6.45) is 0. The number of para-hydroxylation sites is 1. The van der Waals surface area contributed by atoms with Gasteiger partial charge in [-0.1, -0.05) is 18.2 Å². The molecular weight excluding hydrogens is 446 g/mol. The fourth-order valence-electron chi connectivity index (χ4n) is 3.01. The van der Waals surface area contributed by atoms with Gasteiger partial charge in [0.2, 0.25) is 5.91 Å². The van der Waals surface area contributed by atoms with Crippen LogP contribution in [-0.2, 0) is 14.8 Å². The van der Waals surface area contributed by atoms with Gasteiger partial charge in [0.05, 0.1) is 36.1 Å². The van der Waals surface area contributed by atoms with E-state index >= 15 is 0 Å². The quantitative estimate of drug-likeness (QED) is 0.462. The van der Waals surface area contributed by atoms with E-state index in [-0.39, 0.29) is 27.7 Å². The lowest BCUT2D eigenvalue weighted by Crippen LogP contribution is -2.19. The van der Waals surface area contributed by atoms with Crippen molar-refractivity contribution >= 4 is 38.9 Å². The molecule has 0 aromatic heterocycles. The molecule has 0 saturated carbocycles. The Morgan fingerprint density at radius 2 is 1.58 bits per heavy atom. The molecule has 0 fully saturated rings. The summed E-state index contributed by atoms with van der Waals surface area (Å²) < 4.78 is 38.8. The van der Waals surface area contributed by atoms with Gasteiger partial charge in [0, 0.05) is 18.7 Å². The molecule has 0 atom stereocenters. The second-order valence-electron chi connectivity index (χ2n) is 6.88. The highest BCUT2D eigenvalue weighted by atomic mass is 32.2. The molecule has 0 bridgehead atoms. The molecule has 0 aliphatic heterocycles. The van der Waals surface area contributed by atoms with E-state index < -0.39 is 15.9 Å². The van der Waals surface area contributed by atoms with Crippen molar-refractivity contribution < 1.29 is 27.5 Å². The summed E-state index contributed by atoms with van der Waals surface area (Å²) in [4.78, 5) is 24.2. The second-order valence-corrected chi connectivity index (χ2v) is 8.56. The Labute approximate surface area is 191 Å². The SMILES string of the molecule is COc1cccc(NC(=O)c2ccccc2NS(=O)(=O)c2ccc(OC)c(NC(C)=O)c2)c1. The van der Waals surface area contributed by atoms with Crippen LogP contribution in [0.5, 0.6) is 11.5 Å². The van der Waals surface area contributed by atoms with Gasteiger partial charge in [-0.25, -0.2) is 8.42 Å². The Hall–Kier alpha value is -4.05. The number of rotatable bonds is 8. The van der Waals surface area contributed by atoms with E-state index in [4.69, 9.17) is 9.47 Å². The van der Waals surface area contributed by atoms with E-state index in [1.54, 1.807) is 36.4 Å². The van der Waals surface area contributed by atoms with Crippen LogP contribution in [0.15, 0.2) is 71.6 Å². The second kappa shape index (κ2) is 10.0. The van der Waals surface area contributed by atoms with Crippen LogP contribution in [0.1, 0.15) is 17.3 Å². The third kappa shape index (κ3) is 5.80. The molecule has 0 aliphatic rings. The lowest BCUT2D eigenvalue weighted by Gasteiger charge is -2.15. The Kier molecular flexibility index (Phi) is 7.19. The van der Waals surface area contributed by atoms with Crippen molar-refractivity contribution in [2.45, 2.75) is 11.8 Å². The van der Waals surface area contributed by atoms with E-state index in [9.17, 15) is 18.0 Å². The summed E-state index contributed by atoms with van der Waals surface area (Å²) in [5, 5.41) is 5.26. The highest BCUT2D eigenvalue weighted by Crippen LogP contribution is 2.29. The largest absolute Gasteiger partial charge is 0.497 e. The number of anilines is 3. The van der Waals surface area contributed by atoms with Crippen LogP contribution < -0.4 is 24.8 Å². The normalized spacial score (nSPS) is 10.8. The number of hydrogen-bond acceptors (Lipinski definition) is 6. The van der Waals surface area contributed by atoms with Crippen LogP contribution >= 0.6 is 0 Å². The monoisotopic (exact) mass is 469 g/mol. The molecular formula is C23H23N3O6S. The minimum absolute atomic E-state index is 0.0924. The molecule has 0 unspecified atom stereocenters. The van der Waals surface area contributed by atoms with Crippen molar-refractivity contribution in [1.29, 1.82) is 0 Å². The molecule has 0 radical (unpaired) electrons. The van der Waals surface area contributed by atoms with Crippen molar-refractivity contribution in [1.82, 2.24) is 0 Å². The highest BCUT2D eigenvalue weighted by molar-refractivity contribution is 7.92. The number of benzene rings is 3. The number of hydrogen-bond donors (Lipinski definition) is 3. The van der Waals surface area contributed by atoms with E-state index in [0.29, 0.717) is 17.2 Å². The van der Waals surface area contributed by atoms with Crippen molar-refractivity contribution in [2.24, 2.45) is 0 Å². The fourth-order valence-corrected chi connectivity index (χ4v) is 4.12. The van der Waals surface area contributed by atoms with E-state index in [1.807, 2.05) is 0 Å². The molecule has 0 heterocycles. The maximum Gasteiger partial charge on any atom is 0.261 e. The predicted molar refractivity (Wildman–Crippen MR) is 125 cm³/mol.